The summed E-state index contributed by atoms with van der Waals surface area (Å²) in [4.78, 5) is 23.5. The highest BCUT2D eigenvalue weighted by Gasteiger charge is 2.18. The molecule has 0 unspecified atom stereocenters. The molecule has 106 valence electrons. The second-order valence-corrected chi connectivity index (χ2v) is 4.48. The van der Waals surface area contributed by atoms with E-state index < -0.39 is 18.4 Å². The van der Waals surface area contributed by atoms with Gasteiger partial charge in [-0.05, 0) is 17.5 Å². The number of aromatic nitrogens is 2. The zero-order valence-electron chi connectivity index (χ0n) is 10.2. The third-order valence-electron chi connectivity index (χ3n) is 2.33. The standard InChI is InChI=1S/C11H9F2N3O3S/c1-19-10(18)8-6(3-5-20-8)14-9(17)7-2-4-16(15-7)11(12)13/h2-5,11H,1H3,(H,14,17). The molecule has 0 aliphatic carbocycles. The molecule has 1 N–H and O–H groups in total. The van der Waals surface area contributed by atoms with Crippen LogP contribution in [-0.2, 0) is 4.74 Å². The molecule has 0 fully saturated rings. The van der Waals surface area contributed by atoms with Gasteiger partial charge in [-0.25, -0.2) is 9.48 Å². The van der Waals surface area contributed by atoms with Crippen molar-refractivity contribution in [2.45, 2.75) is 6.55 Å². The van der Waals surface area contributed by atoms with Crippen molar-refractivity contribution < 1.29 is 23.1 Å². The van der Waals surface area contributed by atoms with Gasteiger partial charge in [0.15, 0.2) is 5.69 Å². The van der Waals surface area contributed by atoms with Gasteiger partial charge in [0, 0.05) is 6.20 Å². The minimum atomic E-state index is -2.82. The summed E-state index contributed by atoms with van der Waals surface area (Å²) in [5.74, 6) is -1.28. The molecular weight excluding hydrogens is 292 g/mol. The van der Waals surface area contributed by atoms with E-state index in [0.717, 1.165) is 23.6 Å². The van der Waals surface area contributed by atoms with E-state index in [4.69, 9.17) is 0 Å². The second kappa shape index (κ2) is 5.78. The third-order valence-corrected chi connectivity index (χ3v) is 3.22. The number of hydrogen-bond donors (Lipinski definition) is 1. The quantitative estimate of drug-likeness (QED) is 0.880. The number of nitrogens with zero attached hydrogens (tertiary/aromatic N) is 2. The Bertz CT molecular complexity index is 638. The number of hydrogen-bond acceptors (Lipinski definition) is 5. The van der Waals surface area contributed by atoms with Crippen LogP contribution < -0.4 is 5.32 Å². The lowest BCUT2D eigenvalue weighted by atomic mass is 10.3. The predicted octanol–water partition coefficient (Wildman–Crippen LogP) is 2.38. The first-order valence-electron chi connectivity index (χ1n) is 5.33. The first kappa shape index (κ1) is 14.1. The number of carbonyl (C=O) groups is 2. The van der Waals surface area contributed by atoms with Crippen molar-refractivity contribution in [2.24, 2.45) is 0 Å². The molecule has 0 aliphatic heterocycles. The molecule has 0 spiro atoms. The van der Waals surface area contributed by atoms with Gasteiger partial charge < -0.3 is 10.1 Å². The van der Waals surface area contributed by atoms with E-state index in [0.29, 0.717) is 4.68 Å². The fraction of sp³-hybridized carbons (Fsp3) is 0.182. The van der Waals surface area contributed by atoms with E-state index >= 15 is 0 Å². The molecule has 2 aromatic rings. The van der Waals surface area contributed by atoms with Gasteiger partial charge in [-0.1, -0.05) is 0 Å². The average molecular weight is 301 g/mol. The van der Waals surface area contributed by atoms with Crippen molar-refractivity contribution in [2.75, 3.05) is 12.4 Å². The predicted molar refractivity (Wildman–Crippen MR) is 67.1 cm³/mol. The van der Waals surface area contributed by atoms with Gasteiger partial charge in [-0.2, -0.15) is 13.9 Å². The molecule has 0 radical (unpaired) electrons. The summed E-state index contributed by atoms with van der Waals surface area (Å²) in [6.07, 6.45) is 0.994. The Morgan fingerprint density at radius 2 is 2.20 bits per heavy atom. The highest BCUT2D eigenvalue weighted by Crippen LogP contribution is 2.23. The van der Waals surface area contributed by atoms with Crippen LogP contribution in [-0.4, -0.2) is 28.8 Å². The molecule has 20 heavy (non-hydrogen) atoms. The molecule has 2 aromatic heterocycles. The molecule has 0 aliphatic rings. The summed E-state index contributed by atoms with van der Waals surface area (Å²) < 4.78 is 29.6. The monoisotopic (exact) mass is 301 g/mol. The minimum absolute atomic E-state index is 0.174. The van der Waals surface area contributed by atoms with Crippen molar-refractivity contribution in [3.63, 3.8) is 0 Å². The van der Waals surface area contributed by atoms with E-state index in [2.05, 4.69) is 15.2 Å². The van der Waals surface area contributed by atoms with E-state index in [1.807, 2.05) is 0 Å². The van der Waals surface area contributed by atoms with Gasteiger partial charge in [-0.15, -0.1) is 11.3 Å². The number of methoxy groups -OCH3 is 1. The molecule has 0 saturated heterocycles. The van der Waals surface area contributed by atoms with Crippen molar-refractivity contribution in [3.8, 4) is 0 Å². The van der Waals surface area contributed by atoms with Crippen LogP contribution >= 0.6 is 11.3 Å². The van der Waals surface area contributed by atoms with Gasteiger partial charge in [0.25, 0.3) is 5.91 Å². The lowest BCUT2D eigenvalue weighted by molar-refractivity contribution is 0.0560. The van der Waals surface area contributed by atoms with E-state index in [1.54, 1.807) is 5.38 Å². The zero-order valence-corrected chi connectivity index (χ0v) is 11.0. The number of amides is 1. The Balaban J connectivity index is 2.15. The van der Waals surface area contributed by atoms with Crippen molar-refractivity contribution in [3.05, 3.63) is 34.3 Å². The van der Waals surface area contributed by atoms with Gasteiger partial charge in [0.1, 0.15) is 4.88 Å². The number of alkyl halides is 2. The Morgan fingerprint density at radius 3 is 2.80 bits per heavy atom. The highest BCUT2D eigenvalue weighted by molar-refractivity contribution is 7.12. The summed E-state index contributed by atoms with van der Waals surface area (Å²) >= 11 is 1.09. The third kappa shape index (κ3) is 2.82. The van der Waals surface area contributed by atoms with Crippen LogP contribution in [0.15, 0.2) is 23.7 Å². The van der Waals surface area contributed by atoms with Crippen LogP contribution in [0.5, 0.6) is 0 Å². The number of anilines is 1. The van der Waals surface area contributed by atoms with Crippen LogP contribution in [0, 0.1) is 0 Å². The Morgan fingerprint density at radius 1 is 1.45 bits per heavy atom. The summed E-state index contributed by atoms with van der Waals surface area (Å²) in [7, 11) is 1.22. The number of halogens is 2. The van der Waals surface area contributed by atoms with E-state index in [-0.39, 0.29) is 16.3 Å². The maximum Gasteiger partial charge on any atom is 0.350 e. The number of esters is 1. The number of thiophene rings is 1. The molecule has 1 amide bonds. The summed E-state index contributed by atoms with van der Waals surface area (Å²) in [6, 6.07) is 2.67. The SMILES string of the molecule is COC(=O)c1sccc1NC(=O)c1ccn(C(F)F)n1. The van der Waals surface area contributed by atoms with Crippen molar-refractivity contribution in [1.82, 2.24) is 9.78 Å². The number of ether oxygens (including phenoxy) is 1. The number of carbonyl (C=O) groups excluding carboxylic acids is 2. The summed E-state index contributed by atoms with van der Waals surface area (Å²) in [5.41, 5.74) is 0.0748. The van der Waals surface area contributed by atoms with Crippen molar-refractivity contribution in [1.29, 1.82) is 0 Å². The van der Waals surface area contributed by atoms with Gasteiger partial charge in [-0.3, -0.25) is 4.79 Å². The normalized spacial score (nSPS) is 10.6. The molecule has 0 aromatic carbocycles. The highest BCUT2D eigenvalue weighted by atomic mass is 32.1. The maximum absolute atomic E-state index is 12.3. The lowest BCUT2D eigenvalue weighted by Crippen LogP contribution is -2.15. The molecule has 0 saturated carbocycles. The molecule has 2 rings (SSSR count). The largest absolute Gasteiger partial charge is 0.465 e. The van der Waals surface area contributed by atoms with Crippen LogP contribution in [0.2, 0.25) is 0 Å². The Kier molecular flexibility index (Phi) is 4.08. The summed E-state index contributed by atoms with van der Waals surface area (Å²) in [6.45, 7) is -2.82. The Hall–Kier alpha value is -2.29. The second-order valence-electron chi connectivity index (χ2n) is 3.57. The van der Waals surface area contributed by atoms with Gasteiger partial charge in [0.05, 0.1) is 12.8 Å². The molecule has 6 nitrogen and oxygen atoms in total. The lowest BCUT2D eigenvalue weighted by Gasteiger charge is -2.03. The molecule has 0 atom stereocenters. The van der Waals surface area contributed by atoms with Crippen molar-refractivity contribution >= 4 is 28.9 Å². The Labute approximate surface area is 116 Å². The molecule has 2 heterocycles. The topological polar surface area (TPSA) is 73.2 Å². The van der Waals surface area contributed by atoms with E-state index in [1.165, 1.54) is 13.2 Å². The fourth-order valence-electron chi connectivity index (χ4n) is 1.41. The first-order chi connectivity index (χ1) is 9.52. The van der Waals surface area contributed by atoms with Gasteiger partial charge >= 0.3 is 12.5 Å². The summed E-state index contributed by atoms with van der Waals surface area (Å²) in [5, 5.41) is 7.45. The van der Waals surface area contributed by atoms with Crippen LogP contribution in [0.1, 0.15) is 26.7 Å². The maximum atomic E-state index is 12.3. The fourth-order valence-corrected chi connectivity index (χ4v) is 2.18. The number of nitrogens with one attached hydrogen (secondary N) is 1. The minimum Gasteiger partial charge on any atom is -0.465 e. The first-order valence-corrected chi connectivity index (χ1v) is 6.21. The molecular formula is C11H9F2N3O3S. The van der Waals surface area contributed by atoms with E-state index in [9.17, 15) is 18.4 Å². The molecule has 9 heteroatoms. The van der Waals surface area contributed by atoms with Crippen LogP contribution in [0.3, 0.4) is 0 Å². The average Bonchev–Trinajstić information content (AvgIpc) is 3.06. The smallest absolute Gasteiger partial charge is 0.350 e. The number of rotatable bonds is 4. The molecule has 0 bridgehead atoms. The van der Waals surface area contributed by atoms with Gasteiger partial charge in [0.2, 0.25) is 0 Å². The van der Waals surface area contributed by atoms with Crippen LogP contribution in [0.25, 0.3) is 0 Å². The van der Waals surface area contributed by atoms with Crippen LogP contribution in [0.4, 0.5) is 14.5 Å². The zero-order chi connectivity index (χ0) is 14.7.